The molecule has 2 rings (SSSR count). The van der Waals surface area contributed by atoms with Crippen molar-refractivity contribution in [1.29, 1.82) is 0 Å². The molecule has 0 amide bonds. The number of rotatable bonds is 3. The molecule has 88 valence electrons. The standard InChI is InChI=1S/C15H23N/c1-4-16-14-8-9-15(3,11-14)13-7-5-6-12(2)10-13/h5-7,10,14,16H,4,8-9,11H2,1-3H3. The maximum Gasteiger partial charge on any atom is 0.00756 e. The first-order valence-corrected chi connectivity index (χ1v) is 6.44. The number of aryl methyl sites for hydroxylation is 1. The molecule has 1 aromatic rings. The third kappa shape index (κ3) is 2.30. The van der Waals surface area contributed by atoms with E-state index in [4.69, 9.17) is 0 Å². The molecule has 1 fully saturated rings. The normalized spacial score (nSPS) is 29.6. The summed E-state index contributed by atoms with van der Waals surface area (Å²) < 4.78 is 0. The van der Waals surface area contributed by atoms with Crippen LogP contribution < -0.4 is 5.32 Å². The second-order valence-electron chi connectivity index (χ2n) is 5.43. The molecule has 1 nitrogen and oxygen atoms in total. The summed E-state index contributed by atoms with van der Waals surface area (Å²) in [4.78, 5) is 0. The van der Waals surface area contributed by atoms with E-state index in [0.29, 0.717) is 5.41 Å². The summed E-state index contributed by atoms with van der Waals surface area (Å²) in [6.45, 7) is 7.89. The quantitative estimate of drug-likeness (QED) is 0.818. The van der Waals surface area contributed by atoms with E-state index in [2.05, 4.69) is 50.4 Å². The molecule has 1 aliphatic rings. The summed E-state index contributed by atoms with van der Waals surface area (Å²) in [5.41, 5.74) is 3.29. The Bertz CT molecular complexity index is 358. The van der Waals surface area contributed by atoms with Gasteiger partial charge in [-0.1, -0.05) is 43.7 Å². The van der Waals surface area contributed by atoms with Gasteiger partial charge in [-0.15, -0.1) is 0 Å². The minimum atomic E-state index is 0.388. The summed E-state index contributed by atoms with van der Waals surface area (Å²) >= 11 is 0. The van der Waals surface area contributed by atoms with Gasteiger partial charge in [0.05, 0.1) is 0 Å². The smallest absolute Gasteiger partial charge is 0.00756 e. The SMILES string of the molecule is CCNC1CCC(C)(c2cccc(C)c2)C1. The lowest BCUT2D eigenvalue weighted by atomic mass is 9.80. The third-order valence-corrected chi connectivity index (χ3v) is 3.95. The Morgan fingerprint density at radius 3 is 2.94 bits per heavy atom. The summed E-state index contributed by atoms with van der Waals surface area (Å²) in [5, 5.41) is 3.58. The first kappa shape index (κ1) is 11.7. The van der Waals surface area contributed by atoms with Gasteiger partial charge in [0.2, 0.25) is 0 Å². The molecule has 0 spiro atoms. The number of hydrogen-bond acceptors (Lipinski definition) is 1. The lowest BCUT2D eigenvalue weighted by Gasteiger charge is -2.25. The van der Waals surface area contributed by atoms with E-state index in [1.165, 1.54) is 30.4 Å². The van der Waals surface area contributed by atoms with Gasteiger partial charge in [0.1, 0.15) is 0 Å². The molecule has 0 aliphatic heterocycles. The van der Waals surface area contributed by atoms with Crippen molar-refractivity contribution in [2.75, 3.05) is 6.54 Å². The number of hydrogen-bond donors (Lipinski definition) is 1. The van der Waals surface area contributed by atoms with Crippen LogP contribution in [0.3, 0.4) is 0 Å². The van der Waals surface area contributed by atoms with Crippen molar-refractivity contribution in [3.63, 3.8) is 0 Å². The molecular weight excluding hydrogens is 194 g/mol. The first-order valence-electron chi connectivity index (χ1n) is 6.44. The van der Waals surface area contributed by atoms with E-state index in [1.54, 1.807) is 0 Å². The van der Waals surface area contributed by atoms with Crippen LogP contribution >= 0.6 is 0 Å². The average Bonchev–Trinajstić information content (AvgIpc) is 2.62. The maximum absolute atomic E-state index is 3.58. The van der Waals surface area contributed by atoms with Crippen molar-refractivity contribution in [1.82, 2.24) is 5.32 Å². The zero-order valence-corrected chi connectivity index (χ0v) is 10.7. The lowest BCUT2D eigenvalue weighted by molar-refractivity contribution is 0.457. The largest absolute Gasteiger partial charge is 0.314 e. The van der Waals surface area contributed by atoms with Gasteiger partial charge in [-0.2, -0.15) is 0 Å². The van der Waals surface area contributed by atoms with Gasteiger partial charge in [0, 0.05) is 6.04 Å². The number of nitrogens with one attached hydrogen (secondary N) is 1. The highest BCUT2D eigenvalue weighted by molar-refractivity contribution is 5.30. The van der Waals surface area contributed by atoms with Crippen molar-refractivity contribution >= 4 is 0 Å². The predicted molar refractivity (Wildman–Crippen MR) is 69.8 cm³/mol. The fourth-order valence-corrected chi connectivity index (χ4v) is 2.99. The first-order chi connectivity index (χ1) is 7.64. The van der Waals surface area contributed by atoms with Crippen molar-refractivity contribution in [2.24, 2.45) is 0 Å². The molecule has 0 bridgehead atoms. The van der Waals surface area contributed by atoms with Gasteiger partial charge in [0.25, 0.3) is 0 Å². The Labute approximate surface area is 99.3 Å². The third-order valence-electron chi connectivity index (χ3n) is 3.95. The second-order valence-corrected chi connectivity index (χ2v) is 5.43. The topological polar surface area (TPSA) is 12.0 Å². The van der Waals surface area contributed by atoms with E-state index in [9.17, 15) is 0 Å². The minimum Gasteiger partial charge on any atom is -0.314 e. The van der Waals surface area contributed by atoms with Crippen LogP contribution in [0.4, 0.5) is 0 Å². The van der Waals surface area contributed by atoms with Crippen LogP contribution in [-0.2, 0) is 5.41 Å². The van der Waals surface area contributed by atoms with E-state index in [1.807, 2.05) is 0 Å². The van der Waals surface area contributed by atoms with Crippen molar-refractivity contribution < 1.29 is 0 Å². The summed E-state index contributed by atoms with van der Waals surface area (Å²) in [5.74, 6) is 0. The van der Waals surface area contributed by atoms with Crippen molar-refractivity contribution in [3.8, 4) is 0 Å². The fraction of sp³-hybridized carbons (Fsp3) is 0.600. The van der Waals surface area contributed by atoms with Crippen LogP contribution in [-0.4, -0.2) is 12.6 Å². The molecule has 1 heteroatoms. The Balaban J connectivity index is 2.15. The fourth-order valence-electron chi connectivity index (χ4n) is 2.99. The number of benzene rings is 1. The molecular formula is C15H23N. The highest BCUT2D eigenvalue weighted by atomic mass is 14.9. The van der Waals surface area contributed by atoms with Gasteiger partial charge >= 0.3 is 0 Å². The molecule has 0 saturated heterocycles. The molecule has 0 aromatic heterocycles. The van der Waals surface area contributed by atoms with E-state index >= 15 is 0 Å². The molecule has 1 N–H and O–H groups in total. The van der Waals surface area contributed by atoms with Gasteiger partial charge in [0.15, 0.2) is 0 Å². The van der Waals surface area contributed by atoms with Crippen LogP contribution in [0.15, 0.2) is 24.3 Å². The van der Waals surface area contributed by atoms with Gasteiger partial charge in [-0.3, -0.25) is 0 Å². The average molecular weight is 217 g/mol. The zero-order valence-electron chi connectivity index (χ0n) is 10.7. The highest BCUT2D eigenvalue weighted by Gasteiger charge is 2.35. The summed E-state index contributed by atoms with van der Waals surface area (Å²) in [6, 6.07) is 9.74. The summed E-state index contributed by atoms with van der Waals surface area (Å²) in [7, 11) is 0. The second kappa shape index (κ2) is 4.58. The van der Waals surface area contributed by atoms with E-state index in [-0.39, 0.29) is 0 Å². The lowest BCUT2D eigenvalue weighted by Crippen LogP contribution is -2.28. The molecule has 2 unspecified atom stereocenters. The highest BCUT2D eigenvalue weighted by Crippen LogP contribution is 2.40. The Morgan fingerprint density at radius 2 is 2.25 bits per heavy atom. The maximum atomic E-state index is 3.58. The Kier molecular flexibility index (Phi) is 3.34. The van der Waals surface area contributed by atoms with Crippen LogP contribution in [0, 0.1) is 6.92 Å². The van der Waals surface area contributed by atoms with Gasteiger partial charge in [-0.05, 0) is 43.7 Å². The van der Waals surface area contributed by atoms with Gasteiger partial charge in [-0.25, -0.2) is 0 Å². The van der Waals surface area contributed by atoms with Crippen molar-refractivity contribution in [2.45, 2.75) is 51.5 Å². The van der Waals surface area contributed by atoms with E-state index in [0.717, 1.165) is 12.6 Å². The molecule has 16 heavy (non-hydrogen) atoms. The molecule has 2 atom stereocenters. The predicted octanol–water partition coefficient (Wildman–Crippen LogP) is 3.41. The monoisotopic (exact) mass is 217 g/mol. The molecule has 1 aromatic carbocycles. The molecule has 1 aliphatic carbocycles. The molecule has 1 saturated carbocycles. The molecule has 0 radical (unpaired) electrons. The van der Waals surface area contributed by atoms with Crippen LogP contribution in [0.5, 0.6) is 0 Å². The summed E-state index contributed by atoms with van der Waals surface area (Å²) in [6.07, 6.45) is 3.91. The molecule has 0 heterocycles. The zero-order chi connectivity index (χ0) is 11.6. The Hall–Kier alpha value is -0.820. The van der Waals surface area contributed by atoms with Crippen LogP contribution in [0.2, 0.25) is 0 Å². The Morgan fingerprint density at radius 1 is 1.44 bits per heavy atom. The van der Waals surface area contributed by atoms with Crippen LogP contribution in [0.25, 0.3) is 0 Å². The van der Waals surface area contributed by atoms with Gasteiger partial charge < -0.3 is 5.32 Å². The van der Waals surface area contributed by atoms with Crippen LogP contribution in [0.1, 0.15) is 44.2 Å². The minimum absolute atomic E-state index is 0.388. The van der Waals surface area contributed by atoms with Crippen molar-refractivity contribution in [3.05, 3.63) is 35.4 Å². The van der Waals surface area contributed by atoms with E-state index < -0.39 is 0 Å².